The van der Waals surface area contributed by atoms with E-state index in [-0.39, 0.29) is 17.8 Å². The highest BCUT2D eigenvalue weighted by atomic mass is 16.6. The Morgan fingerprint density at radius 3 is 2.29 bits per heavy atom. The van der Waals surface area contributed by atoms with Crippen LogP contribution in [0, 0.1) is 0 Å². The second kappa shape index (κ2) is 14.2. The zero-order valence-corrected chi connectivity index (χ0v) is 27.4. The Kier molecular flexibility index (Phi) is 9.17. The molecule has 0 bridgehead atoms. The molecule has 0 spiro atoms. The fourth-order valence-electron chi connectivity index (χ4n) is 7.04. The summed E-state index contributed by atoms with van der Waals surface area (Å²) in [6.07, 6.45) is 3.97. The van der Waals surface area contributed by atoms with Gasteiger partial charge in [0, 0.05) is 25.6 Å². The SMILES string of the molecule is O[C@@H]1[C@H](O)[C@@H](c2nnn(C3CCC3)n2)O[C@H]1n1cnc2c(NCC(c3ccccc3)c3ccccc3)nc(NCCN3CCCCC3)nc21. The van der Waals surface area contributed by atoms with Crippen molar-refractivity contribution in [3.05, 3.63) is 83.9 Å². The molecule has 4 atom stereocenters. The van der Waals surface area contributed by atoms with Crippen LogP contribution in [0.5, 0.6) is 0 Å². The van der Waals surface area contributed by atoms with Gasteiger partial charge in [-0.25, -0.2) is 4.98 Å². The van der Waals surface area contributed by atoms with Gasteiger partial charge in [-0.05, 0) is 61.5 Å². The number of piperidine rings is 1. The monoisotopic (exact) mass is 665 g/mol. The van der Waals surface area contributed by atoms with Crippen molar-refractivity contribution in [1.82, 2.24) is 44.6 Å². The Morgan fingerprint density at radius 2 is 1.59 bits per heavy atom. The number of aliphatic hydroxyl groups excluding tert-OH is 2. The molecule has 49 heavy (non-hydrogen) atoms. The zero-order chi connectivity index (χ0) is 33.2. The van der Waals surface area contributed by atoms with Gasteiger partial charge >= 0.3 is 0 Å². The topological polar surface area (TPSA) is 164 Å². The fourth-order valence-corrected chi connectivity index (χ4v) is 7.04. The molecule has 2 aliphatic heterocycles. The maximum atomic E-state index is 11.3. The van der Waals surface area contributed by atoms with Gasteiger partial charge in [-0.1, -0.05) is 67.1 Å². The van der Waals surface area contributed by atoms with Crippen molar-refractivity contribution in [3.63, 3.8) is 0 Å². The molecule has 2 aromatic carbocycles. The van der Waals surface area contributed by atoms with Crippen molar-refractivity contribution in [1.29, 1.82) is 0 Å². The minimum absolute atomic E-state index is 0.0572. The number of hydrogen-bond acceptors (Lipinski definition) is 12. The Labute approximate surface area is 284 Å². The largest absolute Gasteiger partial charge is 0.387 e. The van der Waals surface area contributed by atoms with Gasteiger partial charge in [0.15, 0.2) is 29.3 Å². The first kappa shape index (κ1) is 31.7. The van der Waals surface area contributed by atoms with E-state index in [1.807, 2.05) is 12.1 Å². The van der Waals surface area contributed by atoms with E-state index in [9.17, 15) is 10.2 Å². The molecule has 256 valence electrons. The lowest BCUT2D eigenvalue weighted by Gasteiger charge is -2.26. The van der Waals surface area contributed by atoms with E-state index < -0.39 is 24.5 Å². The van der Waals surface area contributed by atoms with Gasteiger partial charge in [0.05, 0.1) is 12.4 Å². The van der Waals surface area contributed by atoms with Gasteiger partial charge in [-0.2, -0.15) is 14.8 Å². The van der Waals surface area contributed by atoms with E-state index in [4.69, 9.17) is 19.7 Å². The van der Waals surface area contributed by atoms with Crippen molar-refractivity contribution in [2.45, 2.75) is 75.0 Å². The summed E-state index contributed by atoms with van der Waals surface area (Å²) in [5.41, 5.74) is 3.37. The summed E-state index contributed by atoms with van der Waals surface area (Å²) in [6, 6.07) is 21.0. The number of nitrogens with zero attached hydrogens (tertiary/aromatic N) is 9. The number of imidazole rings is 1. The molecule has 3 aromatic heterocycles. The average Bonchev–Trinajstić information content (AvgIpc) is 3.83. The Morgan fingerprint density at radius 1 is 0.857 bits per heavy atom. The molecular weight excluding hydrogens is 622 g/mol. The third-order valence-corrected chi connectivity index (χ3v) is 10.1. The van der Waals surface area contributed by atoms with Crippen molar-refractivity contribution < 1.29 is 14.9 Å². The van der Waals surface area contributed by atoms with E-state index >= 15 is 0 Å². The highest BCUT2D eigenvalue weighted by Gasteiger charge is 2.47. The van der Waals surface area contributed by atoms with Crippen molar-refractivity contribution >= 4 is 22.9 Å². The number of aliphatic hydroxyl groups is 2. The highest BCUT2D eigenvalue weighted by Crippen LogP contribution is 2.40. The predicted molar refractivity (Wildman–Crippen MR) is 183 cm³/mol. The molecule has 1 saturated carbocycles. The third-order valence-electron chi connectivity index (χ3n) is 10.1. The van der Waals surface area contributed by atoms with Gasteiger partial charge in [0.2, 0.25) is 11.8 Å². The zero-order valence-electron chi connectivity index (χ0n) is 27.4. The van der Waals surface area contributed by atoms with Gasteiger partial charge in [-0.3, -0.25) is 4.57 Å². The third kappa shape index (κ3) is 6.61. The smallest absolute Gasteiger partial charge is 0.226 e. The molecule has 4 N–H and O–H groups in total. The first-order valence-corrected chi connectivity index (χ1v) is 17.5. The number of fused-ring (bicyclic) bond motifs is 1. The average molecular weight is 666 g/mol. The standard InChI is InChI=1S/C35H43N11O3/c47-28-29(48)34(49-30(28)32-41-43-46(42-32)25-15-10-16-25)45-22-38-27-31(39-35(40-33(27)45)36-17-20-44-18-8-3-9-19-44)37-21-26(23-11-4-1-5-12-23)24-13-6-2-7-14-24/h1-2,4-7,11-14,22,25-26,28-30,34,47-48H,3,8-10,15-21H2,(H2,36,37,39,40)/t28-,29+,30-,34+/m0/s1. The molecule has 2 saturated heterocycles. The number of nitrogens with one attached hydrogen (secondary N) is 2. The lowest BCUT2D eigenvalue weighted by atomic mass is 9.91. The first-order chi connectivity index (χ1) is 24.1. The van der Waals surface area contributed by atoms with Crippen LogP contribution in [0.4, 0.5) is 11.8 Å². The molecule has 1 aliphatic carbocycles. The number of benzene rings is 2. The van der Waals surface area contributed by atoms with Gasteiger partial charge in [0.1, 0.15) is 12.2 Å². The van der Waals surface area contributed by atoms with E-state index in [1.165, 1.54) is 30.4 Å². The molecule has 0 radical (unpaired) electrons. The van der Waals surface area contributed by atoms with Crippen molar-refractivity contribution in [3.8, 4) is 0 Å². The molecule has 5 heterocycles. The Hall–Kier alpha value is -4.50. The van der Waals surface area contributed by atoms with Crippen LogP contribution in [0.1, 0.15) is 79.8 Å². The van der Waals surface area contributed by atoms with Crippen molar-refractivity contribution in [2.24, 2.45) is 0 Å². The fraction of sp³-hybridized carbons (Fsp3) is 0.486. The minimum atomic E-state index is -1.28. The quantitative estimate of drug-likeness (QED) is 0.153. The van der Waals surface area contributed by atoms with Crippen LogP contribution in [-0.4, -0.2) is 99.8 Å². The number of rotatable bonds is 12. The molecular formula is C35H43N11O3. The molecule has 0 unspecified atom stereocenters. The van der Waals surface area contributed by atoms with Crippen LogP contribution in [0.3, 0.4) is 0 Å². The summed E-state index contributed by atoms with van der Waals surface area (Å²) < 4.78 is 7.92. The van der Waals surface area contributed by atoms with Crippen molar-refractivity contribution in [2.75, 3.05) is 43.4 Å². The highest BCUT2D eigenvalue weighted by molar-refractivity contribution is 5.84. The van der Waals surface area contributed by atoms with Crippen LogP contribution in [0.25, 0.3) is 11.2 Å². The van der Waals surface area contributed by atoms with Crippen LogP contribution >= 0.6 is 0 Å². The second-order valence-corrected chi connectivity index (χ2v) is 13.3. The molecule has 5 aromatic rings. The van der Waals surface area contributed by atoms with E-state index in [0.29, 0.717) is 36.0 Å². The number of aromatic nitrogens is 8. The Bertz CT molecular complexity index is 1790. The summed E-state index contributed by atoms with van der Waals surface area (Å²) >= 11 is 0. The van der Waals surface area contributed by atoms with E-state index in [1.54, 1.807) is 15.7 Å². The number of tetrazole rings is 1. The van der Waals surface area contributed by atoms with Crippen LogP contribution in [-0.2, 0) is 4.74 Å². The summed E-state index contributed by atoms with van der Waals surface area (Å²) in [7, 11) is 0. The Balaban J connectivity index is 1.09. The predicted octanol–water partition coefficient (Wildman–Crippen LogP) is 3.67. The van der Waals surface area contributed by atoms with Crippen LogP contribution in [0.15, 0.2) is 67.0 Å². The van der Waals surface area contributed by atoms with Crippen LogP contribution in [0.2, 0.25) is 0 Å². The lowest BCUT2D eigenvalue weighted by Crippen LogP contribution is -2.34. The summed E-state index contributed by atoms with van der Waals surface area (Å²) in [5, 5.41) is 42.2. The second-order valence-electron chi connectivity index (χ2n) is 13.3. The molecule has 0 amide bonds. The number of likely N-dealkylation sites (tertiary alicyclic amines) is 1. The maximum absolute atomic E-state index is 11.3. The molecule has 3 fully saturated rings. The summed E-state index contributed by atoms with van der Waals surface area (Å²) in [5.74, 6) is 1.31. The molecule has 8 rings (SSSR count). The maximum Gasteiger partial charge on any atom is 0.226 e. The lowest BCUT2D eigenvalue weighted by molar-refractivity contribution is -0.0385. The summed E-state index contributed by atoms with van der Waals surface area (Å²) in [4.78, 5) is 18.5. The number of hydrogen-bond donors (Lipinski definition) is 4. The normalized spacial score (nSPS) is 23.2. The minimum Gasteiger partial charge on any atom is -0.387 e. The van der Waals surface area contributed by atoms with Gasteiger partial charge in [-0.15, -0.1) is 10.2 Å². The van der Waals surface area contributed by atoms with E-state index in [2.05, 4.69) is 79.5 Å². The molecule has 14 heteroatoms. The molecule has 14 nitrogen and oxygen atoms in total. The number of ether oxygens (including phenoxy) is 1. The number of anilines is 2. The van der Waals surface area contributed by atoms with Gasteiger partial charge < -0.3 is 30.5 Å². The van der Waals surface area contributed by atoms with Gasteiger partial charge in [0.25, 0.3) is 0 Å². The van der Waals surface area contributed by atoms with E-state index in [0.717, 1.165) is 38.9 Å². The van der Waals surface area contributed by atoms with Crippen LogP contribution < -0.4 is 10.6 Å². The molecule has 3 aliphatic rings. The first-order valence-electron chi connectivity index (χ1n) is 17.5. The summed E-state index contributed by atoms with van der Waals surface area (Å²) in [6.45, 7) is 4.34.